The van der Waals surface area contributed by atoms with Crippen molar-refractivity contribution in [3.05, 3.63) is 0 Å². The second kappa shape index (κ2) is 11.7. The molecule has 0 saturated carbocycles. The molecule has 0 aromatic rings. The normalized spacial score (nSPS) is 16.4. The van der Waals surface area contributed by atoms with E-state index >= 15 is 0 Å². The number of hydrogen-bond donors (Lipinski definition) is 1. The highest BCUT2D eigenvalue weighted by molar-refractivity contribution is 8.67. The molecule has 6 heteroatoms. The molecule has 0 fully saturated rings. The van der Waals surface area contributed by atoms with Gasteiger partial charge in [-0.3, -0.25) is 0 Å². The van der Waals surface area contributed by atoms with Crippen molar-refractivity contribution in [3.63, 3.8) is 0 Å². The van der Waals surface area contributed by atoms with Crippen molar-refractivity contribution in [2.24, 2.45) is 5.92 Å². The maximum atomic E-state index is 9.93. The van der Waals surface area contributed by atoms with Crippen molar-refractivity contribution in [2.45, 2.75) is 59.3 Å². The van der Waals surface area contributed by atoms with Crippen LogP contribution in [0.5, 0.6) is 0 Å². The molecular formula is C12H27O3PS2. The predicted octanol–water partition coefficient (Wildman–Crippen LogP) is 4.90. The van der Waals surface area contributed by atoms with Gasteiger partial charge in [0.25, 0.3) is 5.69 Å². The molecule has 0 radical (unpaired) electrons. The topological polar surface area (TPSA) is 38.7 Å². The van der Waals surface area contributed by atoms with Gasteiger partial charge in [-0.2, -0.15) is 4.67 Å². The van der Waals surface area contributed by atoms with Gasteiger partial charge in [0.05, 0.1) is 6.61 Å². The SMILES string of the molecule is CCCCOOP(O)(=S)SCC(CC)CCCC. The van der Waals surface area contributed by atoms with Gasteiger partial charge in [-0.1, -0.05) is 57.8 Å². The third-order valence-corrected chi connectivity index (χ3v) is 6.73. The molecule has 0 bridgehead atoms. The fraction of sp³-hybridized carbons (Fsp3) is 1.00. The summed E-state index contributed by atoms with van der Waals surface area (Å²) >= 11 is 6.41. The lowest BCUT2D eigenvalue weighted by Gasteiger charge is -2.18. The summed E-state index contributed by atoms with van der Waals surface area (Å²) < 4.78 is 4.98. The first kappa shape index (κ1) is 18.9. The lowest BCUT2D eigenvalue weighted by atomic mass is 10.0. The smallest absolute Gasteiger partial charge is 0.275 e. The van der Waals surface area contributed by atoms with Crippen molar-refractivity contribution < 1.29 is 14.5 Å². The summed E-state index contributed by atoms with van der Waals surface area (Å²) in [6, 6.07) is 0. The van der Waals surface area contributed by atoms with Gasteiger partial charge in [0, 0.05) is 5.75 Å². The van der Waals surface area contributed by atoms with Gasteiger partial charge >= 0.3 is 0 Å². The van der Waals surface area contributed by atoms with Crippen molar-refractivity contribution in [2.75, 3.05) is 12.4 Å². The van der Waals surface area contributed by atoms with E-state index in [4.69, 9.17) is 21.4 Å². The van der Waals surface area contributed by atoms with Gasteiger partial charge in [0.15, 0.2) is 0 Å². The Kier molecular flexibility index (Phi) is 12.3. The Bertz CT molecular complexity index is 239. The molecule has 0 saturated heterocycles. The van der Waals surface area contributed by atoms with Crippen molar-refractivity contribution in [1.82, 2.24) is 0 Å². The lowest BCUT2D eigenvalue weighted by molar-refractivity contribution is -0.204. The quantitative estimate of drug-likeness (QED) is 0.240. The standard InChI is InChI=1S/C12H27O3PS2/c1-4-7-9-12(6-3)11-18-16(13,17)15-14-10-8-5-2/h12H,4-11H2,1-3H3,(H,13,17). The minimum absolute atomic E-state index is 0.503. The van der Waals surface area contributed by atoms with E-state index in [0.717, 1.165) is 25.0 Å². The fourth-order valence-electron chi connectivity index (χ4n) is 1.43. The van der Waals surface area contributed by atoms with Gasteiger partial charge in [0.1, 0.15) is 0 Å². The Hall–Kier alpha value is 0.880. The Labute approximate surface area is 121 Å². The molecule has 3 nitrogen and oxygen atoms in total. The number of hydrogen-bond acceptors (Lipinski definition) is 4. The molecule has 0 rings (SSSR count). The summed E-state index contributed by atoms with van der Waals surface area (Å²) in [5.74, 6) is 1.48. The van der Waals surface area contributed by atoms with Gasteiger partial charge in [-0.05, 0) is 30.6 Å². The van der Waals surface area contributed by atoms with Crippen LogP contribution in [-0.4, -0.2) is 17.3 Å². The van der Waals surface area contributed by atoms with Gasteiger partial charge < -0.3 is 4.89 Å². The summed E-state index contributed by atoms with van der Waals surface area (Å²) in [6.45, 7) is 6.96. The van der Waals surface area contributed by atoms with E-state index in [9.17, 15) is 4.89 Å². The molecule has 2 atom stereocenters. The Morgan fingerprint density at radius 3 is 2.44 bits per heavy atom. The first-order chi connectivity index (χ1) is 8.55. The van der Waals surface area contributed by atoms with Crippen LogP contribution in [-0.2, 0) is 21.4 Å². The first-order valence-electron chi connectivity index (χ1n) is 6.84. The summed E-state index contributed by atoms with van der Waals surface area (Å²) in [6.07, 6.45) is 6.74. The fourth-order valence-corrected chi connectivity index (χ4v) is 4.61. The molecule has 1 N–H and O–H groups in total. The summed E-state index contributed by atoms with van der Waals surface area (Å²) in [4.78, 5) is 14.9. The van der Waals surface area contributed by atoms with Crippen LogP contribution in [0.3, 0.4) is 0 Å². The van der Waals surface area contributed by atoms with Gasteiger partial charge in [-0.25, -0.2) is 4.89 Å². The minimum atomic E-state index is -2.80. The van der Waals surface area contributed by atoms with Crippen molar-refractivity contribution >= 4 is 28.9 Å². The molecule has 0 aliphatic carbocycles. The third kappa shape index (κ3) is 10.8. The molecule has 0 amide bonds. The zero-order valence-electron chi connectivity index (χ0n) is 11.8. The second-order valence-electron chi connectivity index (χ2n) is 4.43. The molecule has 18 heavy (non-hydrogen) atoms. The van der Waals surface area contributed by atoms with Crippen LogP contribution < -0.4 is 0 Å². The zero-order valence-corrected chi connectivity index (χ0v) is 14.3. The largest absolute Gasteiger partial charge is 0.336 e. The Balaban J connectivity index is 3.81. The van der Waals surface area contributed by atoms with Crippen LogP contribution in [0.15, 0.2) is 0 Å². The average molecular weight is 314 g/mol. The third-order valence-electron chi connectivity index (χ3n) is 2.74. The highest BCUT2D eigenvalue weighted by Gasteiger charge is 2.18. The van der Waals surface area contributed by atoms with E-state index in [0.29, 0.717) is 12.5 Å². The summed E-state index contributed by atoms with van der Waals surface area (Å²) in [7, 11) is 0. The van der Waals surface area contributed by atoms with E-state index < -0.39 is 5.69 Å². The van der Waals surface area contributed by atoms with Crippen LogP contribution in [0.1, 0.15) is 59.3 Å². The van der Waals surface area contributed by atoms with Gasteiger partial charge in [-0.15, -0.1) is 0 Å². The van der Waals surface area contributed by atoms with Crippen LogP contribution >= 0.6 is 17.1 Å². The summed E-state index contributed by atoms with van der Waals surface area (Å²) in [5.41, 5.74) is -2.80. The van der Waals surface area contributed by atoms with Crippen LogP contribution in [0, 0.1) is 5.92 Å². The summed E-state index contributed by atoms with van der Waals surface area (Å²) in [5, 5.41) is 0. The van der Waals surface area contributed by atoms with E-state index in [2.05, 4.69) is 20.8 Å². The van der Waals surface area contributed by atoms with Crippen LogP contribution in [0.2, 0.25) is 0 Å². The molecule has 0 aromatic heterocycles. The zero-order chi connectivity index (χ0) is 13.9. The van der Waals surface area contributed by atoms with E-state index in [1.807, 2.05) is 0 Å². The van der Waals surface area contributed by atoms with E-state index in [1.54, 1.807) is 0 Å². The van der Waals surface area contributed by atoms with E-state index in [-0.39, 0.29) is 0 Å². The highest BCUT2D eigenvalue weighted by atomic mass is 32.9. The van der Waals surface area contributed by atoms with E-state index in [1.165, 1.54) is 30.6 Å². The molecule has 2 unspecified atom stereocenters. The molecule has 0 heterocycles. The van der Waals surface area contributed by atoms with Crippen LogP contribution in [0.25, 0.3) is 0 Å². The molecule has 0 aliphatic heterocycles. The maximum absolute atomic E-state index is 9.93. The van der Waals surface area contributed by atoms with Crippen molar-refractivity contribution in [3.8, 4) is 0 Å². The molecule has 110 valence electrons. The minimum Gasteiger partial charge on any atom is -0.336 e. The van der Waals surface area contributed by atoms with Gasteiger partial charge in [0.2, 0.25) is 0 Å². The Morgan fingerprint density at radius 1 is 1.22 bits per heavy atom. The maximum Gasteiger partial charge on any atom is 0.275 e. The lowest BCUT2D eigenvalue weighted by Crippen LogP contribution is -2.03. The molecule has 0 aliphatic rings. The predicted molar refractivity (Wildman–Crippen MR) is 84.2 cm³/mol. The number of unbranched alkanes of at least 4 members (excludes halogenated alkanes) is 2. The highest BCUT2D eigenvalue weighted by Crippen LogP contribution is 2.57. The van der Waals surface area contributed by atoms with Crippen molar-refractivity contribution in [1.29, 1.82) is 0 Å². The molecular weight excluding hydrogens is 287 g/mol. The number of rotatable bonds is 12. The molecule has 0 spiro atoms. The Morgan fingerprint density at radius 2 is 1.89 bits per heavy atom. The average Bonchev–Trinajstić information content (AvgIpc) is 2.35. The molecule has 0 aromatic carbocycles. The monoisotopic (exact) mass is 314 g/mol. The first-order valence-corrected chi connectivity index (χ1v) is 11.1. The van der Waals surface area contributed by atoms with Crippen LogP contribution in [0.4, 0.5) is 0 Å². The second-order valence-corrected chi connectivity index (χ2v) is 10.5.